The molecule has 4 rings (SSSR count). The molecule has 0 bridgehead atoms. The molecule has 7 heteroatoms. The molecular weight excluding hydrogens is 456 g/mol. The highest BCUT2D eigenvalue weighted by atomic mass is 16.5. The average Bonchev–Trinajstić information content (AvgIpc) is 3.26. The van der Waals surface area contributed by atoms with E-state index in [1.54, 1.807) is 38.5 Å². The minimum atomic E-state index is -0.439. The van der Waals surface area contributed by atoms with Gasteiger partial charge in [0.15, 0.2) is 6.61 Å². The number of nitrogens with zero attached hydrogens (tertiary/aromatic N) is 1. The molecule has 182 valence electrons. The summed E-state index contributed by atoms with van der Waals surface area (Å²) < 4.78 is 22.4. The number of hydrogen-bond acceptors (Lipinski definition) is 6. The molecule has 0 aliphatic heterocycles. The summed E-state index contributed by atoms with van der Waals surface area (Å²) >= 11 is 0. The molecule has 1 heterocycles. The number of para-hydroxylation sites is 1. The highest BCUT2D eigenvalue weighted by molar-refractivity contribution is 5.96. The second kappa shape index (κ2) is 10.7. The number of aryl methyl sites for hydroxylation is 2. The van der Waals surface area contributed by atoms with Crippen molar-refractivity contribution in [2.45, 2.75) is 13.8 Å². The van der Waals surface area contributed by atoms with E-state index in [9.17, 15) is 10.1 Å². The summed E-state index contributed by atoms with van der Waals surface area (Å²) in [6, 6.07) is 22.5. The van der Waals surface area contributed by atoms with Crippen LogP contribution in [0.3, 0.4) is 0 Å². The van der Waals surface area contributed by atoms with E-state index in [0.717, 1.165) is 22.3 Å². The number of furan rings is 1. The summed E-state index contributed by atoms with van der Waals surface area (Å²) in [6.07, 6.45) is 0. The van der Waals surface area contributed by atoms with E-state index in [1.165, 1.54) is 0 Å². The molecule has 0 saturated carbocycles. The summed E-state index contributed by atoms with van der Waals surface area (Å²) in [5.41, 5.74) is 4.12. The predicted octanol–water partition coefficient (Wildman–Crippen LogP) is 6.14. The van der Waals surface area contributed by atoms with E-state index in [-0.39, 0.29) is 18.1 Å². The van der Waals surface area contributed by atoms with Crippen molar-refractivity contribution >= 4 is 11.8 Å². The number of anilines is 1. The van der Waals surface area contributed by atoms with Crippen LogP contribution in [0.1, 0.15) is 16.7 Å². The number of methoxy groups -OCH3 is 2. The first-order valence-corrected chi connectivity index (χ1v) is 11.3. The van der Waals surface area contributed by atoms with E-state index >= 15 is 0 Å². The number of hydrogen-bond donors (Lipinski definition) is 1. The standard InChI is InChI=1S/C29H26N2O5/c1-18-6-5-7-19(2)27(18)35-17-25(32)31-29-24(16-30)26(20-8-12-22(33-3)13-9-20)28(36-29)21-10-14-23(34-4)15-11-21/h5-15H,17H2,1-4H3,(H,31,32). The predicted molar refractivity (Wildman–Crippen MR) is 137 cm³/mol. The van der Waals surface area contributed by atoms with Gasteiger partial charge in [0, 0.05) is 11.1 Å². The Hall–Kier alpha value is -4.70. The van der Waals surface area contributed by atoms with Gasteiger partial charge in [-0.15, -0.1) is 0 Å². The Balaban J connectivity index is 1.70. The number of amides is 1. The Morgan fingerprint density at radius 3 is 1.97 bits per heavy atom. The molecule has 0 unspecified atom stereocenters. The molecule has 1 aromatic heterocycles. The quantitative estimate of drug-likeness (QED) is 0.324. The molecule has 0 spiro atoms. The van der Waals surface area contributed by atoms with Crippen LogP contribution in [-0.4, -0.2) is 26.7 Å². The van der Waals surface area contributed by atoms with Crippen LogP contribution >= 0.6 is 0 Å². The van der Waals surface area contributed by atoms with Crippen molar-refractivity contribution in [2.24, 2.45) is 0 Å². The van der Waals surface area contributed by atoms with Crippen molar-refractivity contribution in [1.82, 2.24) is 0 Å². The zero-order valence-corrected chi connectivity index (χ0v) is 20.5. The van der Waals surface area contributed by atoms with Crippen LogP contribution in [0.15, 0.2) is 71.1 Å². The lowest BCUT2D eigenvalue weighted by atomic mass is 9.98. The Bertz CT molecular complexity index is 1390. The van der Waals surface area contributed by atoms with E-state index in [0.29, 0.717) is 28.6 Å². The highest BCUT2D eigenvalue weighted by Gasteiger charge is 2.24. The Morgan fingerprint density at radius 1 is 0.889 bits per heavy atom. The number of benzene rings is 3. The normalized spacial score (nSPS) is 10.4. The molecule has 36 heavy (non-hydrogen) atoms. The van der Waals surface area contributed by atoms with Crippen molar-refractivity contribution in [1.29, 1.82) is 5.26 Å². The van der Waals surface area contributed by atoms with Gasteiger partial charge in [0.25, 0.3) is 5.91 Å². The fraction of sp³-hybridized carbons (Fsp3) is 0.172. The van der Waals surface area contributed by atoms with Gasteiger partial charge in [-0.25, -0.2) is 0 Å². The first-order valence-electron chi connectivity index (χ1n) is 11.3. The van der Waals surface area contributed by atoms with Crippen LogP contribution < -0.4 is 19.5 Å². The van der Waals surface area contributed by atoms with Crippen LogP contribution in [0.2, 0.25) is 0 Å². The maximum Gasteiger partial charge on any atom is 0.264 e. The molecule has 0 radical (unpaired) electrons. The van der Waals surface area contributed by atoms with Crippen LogP contribution in [0.5, 0.6) is 17.2 Å². The van der Waals surface area contributed by atoms with Gasteiger partial charge < -0.3 is 18.6 Å². The van der Waals surface area contributed by atoms with Gasteiger partial charge in [-0.05, 0) is 66.9 Å². The molecule has 1 N–H and O–H groups in total. The van der Waals surface area contributed by atoms with Crippen molar-refractivity contribution in [3.8, 4) is 45.8 Å². The lowest BCUT2D eigenvalue weighted by Gasteiger charge is -2.11. The lowest BCUT2D eigenvalue weighted by Crippen LogP contribution is -2.20. The monoisotopic (exact) mass is 482 g/mol. The van der Waals surface area contributed by atoms with Gasteiger partial charge in [-0.2, -0.15) is 5.26 Å². The molecular formula is C29H26N2O5. The van der Waals surface area contributed by atoms with E-state index in [1.807, 2.05) is 56.3 Å². The summed E-state index contributed by atoms with van der Waals surface area (Å²) in [6.45, 7) is 3.61. The third-order valence-electron chi connectivity index (χ3n) is 5.76. The molecule has 7 nitrogen and oxygen atoms in total. The van der Waals surface area contributed by atoms with E-state index in [2.05, 4.69) is 11.4 Å². The molecule has 0 atom stereocenters. The fourth-order valence-electron chi connectivity index (χ4n) is 3.93. The number of carbonyl (C=O) groups is 1. The molecule has 0 aliphatic carbocycles. The molecule has 0 saturated heterocycles. The summed E-state index contributed by atoms with van der Waals surface area (Å²) in [4.78, 5) is 12.8. The van der Waals surface area contributed by atoms with Crippen LogP contribution in [-0.2, 0) is 4.79 Å². The molecule has 0 aliphatic rings. The second-order valence-corrected chi connectivity index (χ2v) is 8.14. The van der Waals surface area contributed by atoms with Gasteiger partial charge in [-0.1, -0.05) is 30.3 Å². The first-order chi connectivity index (χ1) is 17.4. The smallest absolute Gasteiger partial charge is 0.264 e. The molecule has 3 aromatic carbocycles. The number of rotatable bonds is 8. The SMILES string of the molecule is COc1ccc(-c2oc(NC(=O)COc3c(C)cccc3C)c(C#N)c2-c2ccc(OC)cc2)cc1. The van der Waals surface area contributed by atoms with Gasteiger partial charge in [0.1, 0.15) is 34.6 Å². The zero-order chi connectivity index (χ0) is 25.7. The minimum Gasteiger partial charge on any atom is -0.497 e. The number of carbonyl (C=O) groups excluding carboxylic acids is 1. The highest BCUT2D eigenvalue weighted by Crippen LogP contribution is 2.42. The number of nitriles is 1. The average molecular weight is 483 g/mol. The molecule has 1 amide bonds. The lowest BCUT2D eigenvalue weighted by molar-refractivity contribution is -0.118. The zero-order valence-electron chi connectivity index (χ0n) is 20.5. The Morgan fingerprint density at radius 2 is 1.44 bits per heavy atom. The topological polar surface area (TPSA) is 93.7 Å². The fourth-order valence-corrected chi connectivity index (χ4v) is 3.93. The minimum absolute atomic E-state index is 0.0595. The van der Waals surface area contributed by atoms with E-state index in [4.69, 9.17) is 18.6 Å². The molecule has 4 aromatic rings. The largest absolute Gasteiger partial charge is 0.497 e. The van der Waals surface area contributed by atoms with E-state index < -0.39 is 5.91 Å². The maximum atomic E-state index is 12.8. The third-order valence-corrected chi connectivity index (χ3v) is 5.76. The van der Waals surface area contributed by atoms with Crippen LogP contribution in [0, 0.1) is 25.2 Å². The van der Waals surface area contributed by atoms with Crippen molar-refractivity contribution in [3.05, 3.63) is 83.4 Å². The first kappa shape index (κ1) is 24.4. The van der Waals surface area contributed by atoms with Crippen LogP contribution in [0.4, 0.5) is 5.88 Å². The number of ether oxygens (including phenoxy) is 3. The van der Waals surface area contributed by atoms with Gasteiger partial charge in [0.05, 0.1) is 14.2 Å². The second-order valence-electron chi connectivity index (χ2n) is 8.14. The van der Waals surface area contributed by atoms with Crippen LogP contribution in [0.25, 0.3) is 22.5 Å². The Kier molecular flexibility index (Phi) is 7.26. The summed E-state index contributed by atoms with van der Waals surface area (Å²) in [5.74, 6) is 2.10. The van der Waals surface area contributed by atoms with Crippen molar-refractivity contribution in [3.63, 3.8) is 0 Å². The summed E-state index contributed by atoms with van der Waals surface area (Å²) in [7, 11) is 3.18. The van der Waals surface area contributed by atoms with Gasteiger partial charge >= 0.3 is 0 Å². The van der Waals surface area contributed by atoms with Gasteiger partial charge in [0.2, 0.25) is 5.88 Å². The van der Waals surface area contributed by atoms with Crippen molar-refractivity contribution in [2.75, 3.05) is 26.1 Å². The molecule has 0 fully saturated rings. The maximum absolute atomic E-state index is 12.8. The Labute approximate surface area is 209 Å². The number of nitrogens with one attached hydrogen (secondary N) is 1. The van der Waals surface area contributed by atoms with Crippen molar-refractivity contribution < 1.29 is 23.4 Å². The third kappa shape index (κ3) is 5.03. The van der Waals surface area contributed by atoms with Gasteiger partial charge in [-0.3, -0.25) is 10.1 Å². The summed E-state index contributed by atoms with van der Waals surface area (Å²) in [5, 5.41) is 12.8.